The van der Waals surface area contributed by atoms with Crippen molar-refractivity contribution in [2.45, 2.75) is 13.5 Å². The first kappa shape index (κ1) is 16.4. The van der Waals surface area contributed by atoms with Crippen molar-refractivity contribution in [3.8, 4) is 11.1 Å². The Labute approximate surface area is 144 Å². The highest BCUT2D eigenvalue weighted by molar-refractivity contribution is 5.88. The minimum Gasteiger partial charge on any atom is -0.478 e. The number of carbonyl (C=O) groups excluding carboxylic acids is 1. The summed E-state index contributed by atoms with van der Waals surface area (Å²) in [6.45, 7) is 2.27. The second kappa shape index (κ2) is 7.00. The third-order valence-corrected chi connectivity index (χ3v) is 4.00. The molecule has 3 aromatic rings. The molecule has 0 fully saturated rings. The van der Waals surface area contributed by atoms with Crippen LogP contribution in [-0.2, 0) is 11.3 Å². The number of amides is 1. The number of aromatic nitrogens is 2. The number of nitrogens with one attached hydrogen (secondary N) is 1. The molecule has 6 heteroatoms. The highest BCUT2D eigenvalue weighted by Crippen LogP contribution is 2.27. The second-order valence-electron chi connectivity index (χ2n) is 5.73. The van der Waals surface area contributed by atoms with Crippen molar-refractivity contribution in [2.75, 3.05) is 4.90 Å². The van der Waals surface area contributed by atoms with Crippen molar-refractivity contribution < 1.29 is 14.7 Å². The van der Waals surface area contributed by atoms with E-state index in [0.29, 0.717) is 6.54 Å². The lowest BCUT2D eigenvalue weighted by Gasteiger charge is -2.19. The molecule has 25 heavy (non-hydrogen) atoms. The Morgan fingerprint density at radius 2 is 2.12 bits per heavy atom. The number of aromatic carboxylic acids is 1. The van der Waals surface area contributed by atoms with Crippen LogP contribution in [0.4, 0.5) is 5.69 Å². The lowest BCUT2D eigenvalue weighted by atomic mass is 10.0. The van der Waals surface area contributed by atoms with Gasteiger partial charge in [0.25, 0.3) is 0 Å². The molecule has 0 radical (unpaired) electrons. The standard InChI is InChI=1S/C19H17N3O3/c1-13-7-17(5-6-18(13)16-9-20-21-10-16)22(12-23)11-14-3-2-4-15(8-14)19(24)25/h2-10,12H,11H2,1H3,(H,20,21)(H,24,25). The van der Waals surface area contributed by atoms with E-state index in [1.54, 1.807) is 29.3 Å². The second-order valence-corrected chi connectivity index (χ2v) is 5.73. The Kier molecular flexibility index (Phi) is 4.61. The fraction of sp³-hybridized carbons (Fsp3) is 0.105. The largest absolute Gasteiger partial charge is 0.478 e. The van der Waals surface area contributed by atoms with Gasteiger partial charge in [-0.05, 0) is 47.9 Å². The van der Waals surface area contributed by atoms with Crippen LogP contribution in [0.1, 0.15) is 21.5 Å². The summed E-state index contributed by atoms with van der Waals surface area (Å²) in [5, 5.41) is 15.8. The molecule has 0 unspecified atom stereocenters. The summed E-state index contributed by atoms with van der Waals surface area (Å²) in [5.41, 5.74) is 4.75. The maximum atomic E-state index is 11.5. The summed E-state index contributed by atoms with van der Waals surface area (Å²) in [5.74, 6) is -0.986. The normalized spacial score (nSPS) is 10.4. The number of aryl methyl sites for hydroxylation is 1. The van der Waals surface area contributed by atoms with E-state index in [0.717, 1.165) is 34.4 Å². The topological polar surface area (TPSA) is 86.3 Å². The summed E-state index contributed by atoms with van der Waals surface area (Å²) in [6, 6.07) is 12.3. The van der Waals surface area contributed by atoms with Gasteiger partial charge in [-0.3, -0.25) is 9.89 Å². The number of H-pyrrole nitrogens is 1. The molecule has 1 heterocycles. The molecule has 0 bridgehead atoms. The molecule has 2 N–H and O–H groups in total. The molecule has 0 atom stereocenters. The number of carboxylic acids is 1. The van der Waals surface area contributed by atoms with E-state index in [2.05, 4.69) is 10.2 Å². The molecule has 2 aromatic carbocycles. The van der Waals surface area contributed by atoms with Gasteiger partial charge in [-0.1, -0.05) is 18.2 Å². The van der Waals surface area contributed by atoms with Gasteiger partial charge in [0.1, 0.15) is 0 Å². The molecule has 126 valence electrons. The van der Waals surface area contributed by atoms with Crippen LogP contribution in [0.3, 0.4) is 0 Å². The number of rotatable bonds is 6. The zero-order valence-electron chi connectivity index (χ0n) is 13.6. The van der Waals surface area contributed by atoms with E-state index in [4.69, 9.17) is 5.11 Å². The molecule has 0 saturated heterocycles. The molecule has 0 spiro atoms. The van der Waals surface area contributed by atoms with Crippen LogP contribution in [0, 0.1) is 6.92 Å². The van der Waals surface area contributed by atoms with E-state index in [9.17, 15) is 9.59 Å². The summed E-state index contributed by atoms with van der Waals surface area (Å²) in [7, 11) is 0. The fourth-order valence-corrected chi connectivity index (χ4v) is 2.74. The third kappa shape index (κ3) is 3.58. The van der Waals surface area contributed by atoms with Crippen molar-refractivity contribution in [1.82, 2.24) is 10.2 Å². The maximum Gasteiger partial charge on any atom is 0.335 e. The molecular weight excluding hydrogens is 318 g/mol. The smallest absolute Gasteiger partial charge is 0.335 e. The summed E-state index contributed by atoms with van der Waals surface area (Å²) >= 11 is 0. The number of anilines is 1. The van der Waals surface area contributed by atoms with Crippen LogP contribution in [0.25, 0.3) is 11.1 Å². The maximum absolute atomic E-state index is 11.5. The Balaban J connectivity index is 1.86. The zero-order valence-corrected chi connectivity index (χ0v) is 13.6. The predicted molar refractivity (Wildman–Crippen MR) is 94.4 cm³/mol. The number of hydrogen-bond acceptors (Lipinski definition) is 3. The van der Waals surface area contributed by atoms with Crippen LogP contribution >= 0.6 is 0 Å². The first-order valence-corrected chi connectivity index (χ1v) is 7.72. The molecule has 0 aliphatic rings. The highest BCUT2D eigenvalue weighted by atomic mass is 16.4. The number of carbonyl (C=O) groups is 2. The first-order chi connectivity index (χ1) is 12.1. The average molecular weight is 335 g/mol. The Bertz CT molecular complexity index is 904. The Morgan fingerprint density at radius 1 is 1.28 bits per heavy atom. The monoisotopic (exact) mass is 335 g/mol. The molecule has 6 nitrogen and oxygen atoms in total. The minimum absolute atomic E-state index is 0.204. The van der Waals surface area contributed by atoms with Crippen LogP contribution in [-0.4, -0.2) is 27.7 Å². The van der Waals surface area contributed by atoms with Crippen LogP contribution in [0.2, 0.25) is 0 Å². The Morgan fingerprint density at radius 3 is 2.76 bits per heavy atom. The average Bonchev–Trinajstić information content (AvgIpc) is 3.14. The lowest BCUT2D eigenvalue weighted by Crippen LogP contribution is -2.20. The number of carboxylic acid groups (broad SMARTS) is 1. The summed E-state index contributed by atoms with van der Waals surface area (Å²) in [6.07, 6.45) is 4.31. The van der Waals surface area contributed by atoms with Crippen LogP contribution < -0.4 is 4.90 Å². The van der Waals surface area contributed by atoms with E-state index in [1.165, 1.54) is 6.07 Å². The van der Waals surface area contributed by atoms with Gasteiger partial charge >= 0.3 is 5.97 Å². The van der Waals surface area contributed by atoms with E-state index < -0.39 is 5.97 Å². The molecule has 0 aliphatic carbocycles. The van der Waals surface area contributed by atoms with Gasteiger partial charge in [0.2, 0.25) is 6.41 Å². The first-order valence-electron chi connectivity index (χ1n) is 7.72. The van der Waals surface area contributed by atoms with Gasteiger partial charge < -0.3 is 10.0 Å². The summed E-state index contributed by atoms with van der Waals surface area (Å²) < 4.78 is 0. The van der Waals surface area contributed by atoms with Gasteiger partial charge in [0.15, 0.2) is 0 Å². The number of aromatic amines is 1. The van der Waals surface area contributed by atoms with Gasteiger partial charge in [-0.15, -0.1) is 0 Å². The van der Waals surface area contributed by atoms with Gasteiger partial charge in [0.05, 0.1) is 18.3 Å². The number of benzene rings is 2. The van der Waals surface area contributed by atoms with Crippen LogP contribution in [0.5, 0.6) is 0 Å². The van der Waals surface area contributed by atoms with E-state index >= 15 is 0 Å². The fourth-order valence-electron chi connectivity index (χ4n) is 2.74. The van der Waals surface area contributed by atoms with Crippen molar-refractivity contribution in [1.29, 1.82) is 0 Å². The highest BCUT2D eigenvalue weighted by Gasteiger charge is 2.11. The van der Waals surface area contributed by atoms with Gasteiger partial charge in [-0.2, -0.15) is 5.10 Å². The van der Waals surface area contributed by atoms with Crippen molar-refractivity contribution in [2.24, 2.45) is 0 Å². The zero-order chi connectivity index (χ0) is 17.8. The van der Waals surface area contributed by atoms with E-state index in [-0.39, 0.29) is 5.56 Å². The Hall–Kier alpha value is -3.41. The molecule has 1 amide bonds. The van der Waals surface area contributed by atoms with Crippen molar-refractivity contribution in [3.05, 3.63) is 71.5 Å². The third-order valence-electron chi connectivity index (χ3n) is 4.00. The number of hydrogen-bond donors (Lipinski definition) is 2. The SMILES string of the molecule is Cc1cc(N(C=O)Cc2cccc(C(=O)O)c2)ccc1-c1cn[nH]c1. The molecular formula is C19H17N3O3. The molecule has 0 aliphatic heterocycles. The van der Waals surface area contributed by atoms with Crippen molar-refractivity contribution >= 4 is 18.1 Å². The predicted octanol–water partition coefficient (Wildman–Crippen LogP) is 3.25. The number of nitrogens with zero attached hydrogens (tertiary/aromatic N) is 2. The molecule has 0 saturated carbocycles. The van der Waals surface area contributed by atoms with Crippen LogP contribution in [0.15, 0.2) is 54.9 Å². The van der Waals surface area contributed by atoms with E-state index in [1.807, 2.05) is 31.3 Å². The quantitative estimate of drug-likeness (QED) is 0.677. The summed E-state index contributed by atoms with van der Waals surface area (Å²) in [4.78, 5) is 24.2. The van der Waals surface area contributed by atoms with Gasteiger partial charge in [0, 0.05) is 17.4 Å². The molecule has 3 rings (SSSR count). The molecule has 1 aromatic heterocycles. The lowest BCUT2D eigenvalue weighted by molar-refractivity contribution is -0.107. The van der Waals surface area contributed by atoms with Crippen molar-refractivity contribution in [3.63, 3.8) is 0 Å². The van der Waals surface area contributed by atoms with Gasteiger partial charge in [-0.25, -0.2) is 4.79 Å². The minimum atomic E-state index is -0.986.